The molecule has 1 saturated heterocycles. The van der Waals surface area contributed by atoms with Gasteiger partial charge in [0.1, 0.15) is 5.82 Å². The van der Waals surface area contributed by atoms with Gasteiger partial charge in [-0.3, -0.25) is 13.9 Å². The second kappa shape index (κ2) is 6.59. The molecule has 138 valence electrons. The van der Waals surface area contributed by atoms with Crippen LogP contribution in [0, 0.1) is 0 Å². The van der Waals surface area contributed by atoms with Crippen LogP contribution < -0.4 is 21.5 Å². The van der Waals surface area contributed by atoms with Crippen LogP contribution in [0.25, 0.3) is 0 Å². The molecule has 1 aliphatic heterocycles. The molecule has 2 aliphatic rings. The van der Waals surface area contributed by atoms with Crippen molar-refractivity contribution in [3.05, 3.63) is 44.4 Å². The summed E-state index contributed by atoms with van der Waals surface area (Å²) < 4.78 is 2.65. The minimum Gasteiger partial charge on any atom is -0.356 e. The smallest absolute Gasteiger partial charge is 0.332 e. The van der Waals surface area contributed by atoms with E-state index >= 15 is 0 Å². The Hall–Kier alpha value is -2.64. The fraction of sp³-hybridized carbons (Fsp3) is 0.556. The Bertz CT molecular complexity index is 948. The summed E-state index contributed by atoms with van der Waals surface area (Å²) in [5, 5.41) is 3.42. The molecule has 1 N–H and O–H groups in total. The van der Waals surface area contributed by atoms with Crippen molar-refractivity contribution in [3.63, 3.8) is 0 Å². The van der Waals surface area contributed by atoms with E-state index in [4.69, 9.17) is 0 Å². The molecule has 0 amide bonds. The van der Waals surface area contributed by atoms with Crippen molar-refractivity contribution in [1.29, 1.82) is 0 Å². The highest BCUT2D eigenvalue weighted by Gasteiger charge is 2.26. The third-order valence-electron chi connectivity index (χ3n) is 5.41. The maximum absolute atomic E-state index is 12.1. The highest BCUT2D eigenvalue weighted by Crippen LogP contribution is 2.22. The molecule has 0 bridgehead atoms. The fourth-order valence-corrected chi connectivity index (χ4v) is 3.84. The monoisotopic (exact) mass is 356 g/mol. The average molecular weight is 356 g/mol. The van der Waals surface area contributed by atoms with Gasteiger partial charge in [-0.05, 0) is 37.7 Å². The molecular formula is C18H24N6O2. The quantitative estimate of drug-likeness (QED) is 0.859. The summed E-state index contributed by atoms with van der Waals surface area (Å²) in [6, 6.07) is 1.72. The first kappa shape index (κ1) is 16.8. The molecule has 0 radical (unpaired) electrons. The summed E-state index contributed by atoms with van der Waals surface area (Å²) in [5.41, 5.74) is 1.85. The summed E-state index contributed by atoms with van der Waals surface area (Å²) in [6.45, 7) is 1.49. The second-order valence-electron chi connectivity index (χ2n) is 7.19. The highest BCUT2D eigenvalue weighted by atomic mass is 16.2. The maximum Gasteiger partial charge on any atom is 0.332 e. The molecule has 8 heteroatoms. The van der Waals surface area contributed by atoms with E-state index in [0.29, 0.717) is 18.3 Å². The van der Waals surface area contributed by atoms with E-state index in [0.717, 1.165) is 36.1 Å². The van der Waals surface area contributed by atoms with Gasteiger partial charge in [-0.25, -0.2) is 14.8 Å². The van der Waals surface area contributed by atoms with Crippen molar-refractivity contribution in [2.45, 2.75) is 38.1 Å². The first-order valence-electron chi connectivity index (χ1n) is 9.16. The third-order valence-corrected chi connectivity index (χ3v) is 5.41. The molecule has 1 fully saturated rings. The predicted molar refractivity (Wildman–Crippen MR) is 99.8 cm³/mol. The molecule has 1 atom stereocenters. The standard InChI is InChI=1S/C18H24N6O2/c1-22-15(9-16(25)23(2)18(22)26)24-8-7-13(11-24)20-17-19-10-12-5-3-4-6-14(12)21-17/h9-10,13H,3-8,11H2,1-2H3,(H,19,20,21)/t13-/m0/s1. The first-order chi connectivity index (χ1) is 12.5. The number of hydrogen-bond donors (Lipinski definition) is 1. The summed E-state index contributed by atoms with van der Waals surface area (Å²) in [6.07, 6.45) is 7.36. The van der Waals surface area contributed by atoms with Gasteiger partial charge in [0.05, 0.1) is 0 Å². The van der Waals surface area contributed by atoms with Gasteiger partial charge in [-0.15, -0.1) is 0 Å². The Morgan fingerprint density at radius 2 is 1.96 bits per heavy atom. The van der Waals surface area contributed by atoms with Crippen LogP contribution >= 0.6 is 0 Å². The summed E-state index contributed by atoms with van der Waals surface area (Å²) in [4.78, 5) is 35.3. The van der Waals surface area contributed by atoms with E-state index in [1.54, 1.807) is 7.05 Å². The van der Waals surface area contributed by atoms with Crippen LogP contribution in [0.4, 0.5) is 11.8 Å². The van der Waals surface area contributed by atoms with Gasteiger partial charge >= 0.3 is 5.69 Å². The normalized spacial score (nSPS) is 19.5. The van der Waals surface area contributed by atoms with Crippen molar-refractivity contribution in [3.8, 4) is 0 Å². The van der Waals surface area contributed by atoms with Crippen LogP contribution in [-0.4, -0.2) is 38.2 Å². The minimum absolute atomic E-state index is 0.191. The second-order valence-corrected chi connectivity index (χ2v) is 7.19. The Morgan fingerprint density at radius 1 is 1.15 bits per heavy atom. The Kier molecular flexibility index (Phi) is 4.26. The van der Waals surface area contributed by atoms with Crippen LogP contribution in [0.1, 0.15) is 30.5 Å². The number of anilines is 2. The van der Waals surface area contributed by atoms with Crippen molar-refractivity contribution >= 4 is 11.8 Å². The lowest BCUT2D eigenvalue weighted by Gasteiger charge is -2.22. The van der Waals surface area contributed by atoms with E-state index in [2.05, 4.69) is 20.2 Å². The van der Waals surface area contributed by atoms with Gasteiger partial charge < -0.3 is 10.2 Å². The van der Waals surface area contributed by atoms with E-state index < -0.39 is 0 Å². The van der Waals surface area contributed by atoms with Gasteiger partial charge in [-0.1, -0.05) is 0 Å². The molecule has 2 aromatic rings. The molecule has 0 saturated carbocycles. The largest absolute Gasteiger partial charge is 0.356 e. The molecule has 0 aromatic carbocycles. The van der Waals surface area contributed by atoms with E-state index in [-0.39, 0.29) is 17.3 Å². The lowest BCUT2D eigenvalue weighted by atomic mass is 9.98. The van der Waals surface area contributed by atoms with Crippen LogP contribution in [0.15, 0.2) is 21.9 Å². The zero-order chi connectivity index (χ0) is 18.3. The van der Waals surface area contributed by atoms with Gasteiger partial charge in [0.25, 0.3) is 5.56 Å². The van der Waals surface area contributed by atoms with E-state index in [1.165, 1.54) is 36.1 Å². The maximum atomic E-state index is 12.1. The van der Waals surface area contributed by atoms with Gasteiger partial charge in [0.15, 0.2) is 0 Å². The third kappa shape index (κ3) is 3.00. The van der Waals surface area contributed by atoms with Crippen LogP contribution in [0.2, 0.25) is 0 Å². The summed E-state index contributed by atoms with van der Waals surface area (Å²) in [7, 11) is 3.20. The van der Waals surface area contributed by atoms with E-state index in [9.17, 15) is 9.59 Å². The Balaban J connectivity index is 1.49. The fourth-order valence-electron chi connectivity index (χ4n) is 3.84. The van der Waals surface area contributed by atoms with Gasteiger partial charge in [0, 0.05) is 51.2 Å². The van der Waals surface area contributed by atoms with Crippen molar-refractivity contribution in [2.75, 3.05) is 23.3 Å². The topological polar surface area (TPSA) is 85.1 Å². The molecule has 2 aromatic heterocycles. The Labute approximate surface area is 151 Å². The molecule has 0 unspecified atom stereocenters. The number of aromatic nitrogens is 4. The zero-order valence-corrected chi connectivity index (χ0v) is 15.2. The van der Waals surface area contributed by atoms with Crippen molar-refractivity contribution < 1.29 is 0 Å². The zero-order valence-electron chi connectivity index (χ0n) is 15.2. The summed E-state index contributed by atoms with van der Waals surface area (Å²) >= 11 is 0. The minimum atomic E-state index is -0.304. The predicted octanol–water partition coefficient (Wildman–Crippen LogP) is 0.444. The number of aryl methyl sites for hydroxylation is 2. The summed E-state index contributed by atoms with van der Waals surface area (Å²) in [5.74, 6) is 1.34. The van der Waals surface area contributed by atoms with Crippen LogP contribution in [-0.2, 0) is 26.9 Å². The number of nitrogens with zero attached hydrogens (tertiary/aromatic N) is 5. The van der Waals surface area contributed by atoms with Crippen molar-refractivity contribution in [1.82, 2.24) is 19.1 Å². The highest BCUT2D eigenvalue weighted by molar-refractivity contribution is 5.42. The molecule has 8 nitrogen and oxygen atoms in total. The Morgan fingerprint density at radius 3 is 2.81 bits per heavy atom. The molecule has 26 heavy (non-hydrogen) atoms. The number of fused-ring (bicyclic) bond motifs is 1. The molecule has 4 rings (SSSR count). The molecule has 1 aliphatic carbocycles. The number of hydrogen-bond acceptors (Lipinski definition) is 6. The van der Waals surface area contributed by atoms with Gasteiger partial charge in [-0.2, -0.15) is 0 Å². The van der Waals surface area contributed by atoms with Gasteiger partial charge in [0.2, 0.25) is 5.95 Å². The van der Waals surface area contributed by atoms with Crippen LogP contribution in [0.3, 0.4) is 0 Å². The molecular weight excluding hydrogens is 332 g/mol. The van der Waals surface area contributed by atoms with Crippen LogP contribution in [0.5, 0.6) is 0 Å². The first-order valence-corrected chi connectivity index (χ1v) is 9.16. The van der Waals surface area contributed by atoms with E-state index in [1.807, 2.05) is 6.20 Å². The SMILES string of the molecule is Cn1c(N2CC[C@H](Nc3ncc4c(n3)CCCC4)C2)cc(=O)n(C)c1=O. The molecule has 3 heterocycles. The number of rotatable bonds is 3. The molecule has 0 spiro atoms. The van der Waals surface area contributed by atoms with Crippen molar-refractivity contribution in [2.24, 2.45) is 14.1 Å². The average Bonchev–Trinajstić information content (AvgIpc) is 3.11. The number of nitrogens with one attached hydrogen (secondary N) is 1. The lowest BCUT2D eigenvalue weighted by Crippen LogP contribution is -2.40. The lowest BCUT2D eigenvalue weighted by molar-refractivity contribution is 0.660.